The highest BCUT2D eigenvalue weighted by atomic mass is 16.4. The smallest absolute Gasteiger partial charge is 0.330 e. The van der Waals surface area contributed by atoms with Crippen LogP contribution in [0.5, 0.6) is 0 Å². The van der Waals surface area contributed by atoms with E-state index in [1.165, 1.54) is 0 Å². The fourth-order valence-electron chi connectivity index (χ4n) is 0.459. The van der Waals surface area contributed by atoms with Gasteiger partial charge in [0.15, 0.2) is 0 Å². The highest BCUT2D eigenvalue weighted by Gasteiger charge is 1.96. The summed E-state index contributed by atoms with van der Waals surface area (Å²) < 4.78 is 0. The normalized spacial score (nSPS) is 10.6. The van der Waals surface area contributed by atoms with Gasteiger partial charge in [0.2, 0.25) is 0 Å². The Morgan fingerprint density at radius 1 is 1.80 bits per heavy atom. The highest BCUT2D eigenvalue weighted by Crippen LogP contribution is 1.96. The van der Waals surface area contributed by atoms with E-state index in [0.717, 1.165) is 0 Å². The lowest BCUT2D eigenvalue weighted by Gasteiger charge is -1.89. The number of carboxylic acids is 1. The number of aliphatic carboxylic acids is 1. The quantitative estimate of drug-likeness (QED) is 0.364. The van der Waals surface area contributed by atoms with Gasteiger partial charge in [0, 0.05) is 12.0 Å². The molecule has 0 fully saturated rings. The average Bonchev–Trinajstić information content (AvgIpc) is 1.88. The molecule has 1 N–H and O–H groups in total. The van der Waals surface area contributed by atoms with Crippen molar-refractivity contribution in [3.05, 3.63) is 11.6 Å². The SMILES string of the molecule is C#CCC/C=C(\C)C(=O)O. The molecule has 0 aliphatic heterocycles. The fraction of sp³-hybridized carbons (Fsp3) is 0.375. The van der Waals surface area contributed by atoms with Crippen LogP contribution in [0.3, 0.4) is 0 Å². The van der Waals surface area contributed by atoms with E-state index in [1.807, 2.05) is 0 Å². The summed E-state index contributed by atoms with van der Waals surface area (Å²) in [5.74, 6) is 1.55. The Balaban J connectivity index is 3.72. The van der Waals surface area contributed by atoms with Crippen LogP contribution in [0.4, 0.5) is 0 Å². The monoisotopic (exact) mass is 138 g/mol. The molecule has 0 aromatic carbocycles. The third-order valence-corrected chi connectivity index (χ3v) is 1.08. The first-order chi connectivity index (χ1) is 4.68. The van der Waals surface area contributed by atoms with Crippen molar-refractivity contribution < 1.29 is 9.90 Å². The minimum Gasteiger partial charge on any atom is -0.478 e. The van der Waals surface area contributed by atoms with Gasteiger partial charge in [-0.05, 0) is 13.3 Å². The maximum atomic E-state index is 10.2. The van der Waals surface area contributed by atoms with E-state index >= 15 is 0 Å². The van der Waals surface area contributed by atoms with E-state index in [2.05, 4.69) is 5.92 Å². The van der Waals surface area contributed by atoms with Gasteiger partial charge in [-0.15, -0.1) is 12.3 Å². The molecular weight excluding hydrogens is 128 g/mol. The molecule has 0 rings (SSSR count). The number of terminal acetylenes is 1. The molecule has 0 bridgehead atoms. The molecule has 0 amide bonds. The van der Waals surface area contributed by atoms with Crippen molar-refractivity contribution in [1.82, 2.24) is 0 Å². The van der Waals surface area contributed by atoms with E-state index in [-0.39, 0.29) is 0 Å². The zero-order valence-corrected chi connectivity index (χ0v) is 5.92. The number of hydrogen-bond acceptors (Lipinski definition) is 1. The number of allylic oxidation sites excluding steroid dienone is 1. The van der Waals surface area contributed by atoms with Crippen molar-refractivity contribution in [2.75, 3.05) is 0 Å². The fourth-order valence-corrected chi connectivity index (χ4v) is 0.459. The van der Waals surface area contributed by atoms with Crippen LogP contribution >= 0.6 is 0 Å². The van der Waals surface area contributed by atoms with Gasteiger partial charge in [0.05, 0.1) is 0 Å². The predicted octanol–water partition coefficient (Wildman–Crippen LogP) is 1.43. The zero-order chi connectivity index (χ0) is 7.98. The number of rotatable bonds is 3. The maximum Gasteiger partial charge on any atom is 0.330 e. The van der Waals surface area contributed by atoms with Crippen LogP contribution in [0.2, 0.25) is 0 Å². The number of carbonyl (C=O) groups is 1. The molecule has 2 nitrogen and oxygen atoms in total. The molecule has 2 heteroatoms. The molecule has 0 unspecified atom stereocenters. The molecule has 0 aliphatic rings. The average molecular weight is 138 g/mol. The summed E-state index contributed by atoms with van der Waals surface area (Å²) in [5, 5.41) is 8.36. The molecule has 0 aromatic heterocycles. The van der Waals surface area contributed by atoms with Gasteiger partial charge in [0.1, 0.15) is 0 Å². The molecule has 0 atom stereocenters. The number of unbranched alkanes of at least 4 members (excludes halogenated alkanes) is 1. The van der Waals surface area contributed by atoms with Crippen molar-refractivity contribution in [3.63, 3.8) is 0 Å². The molecular formula is C8H10O2. The predicted molar refractivity (Wildman–Crippen MR) is 39.5 cm³/mol. The summed E-state index contributed by atoms with van der Waals surface area (Å²) in [4.78, 5) is 10.2. The zero-order valence-electron chi connectivity index (χ0n) is 5.92. The first-order valence-electron chi connectivity index (χ1n) is 3.02. The van der Waals surface area contributed by atoms with Gasteiger partial charge in [-0.3, -0.25) is 0 Å². The van der Waals surface area contributed by atoms with Gasteiger partial charge in [0.25, 0.3) is 0 Å². The van der Waals surface area contributed by atoms with Gasteiger partial charge < -0.3 is 5.11 Å². The van der Waals surface area contributed by atoms with Gasteiger partial charge in [-0.25, -0.2) is 4.79 Å². The molecule has 0 aromatic rings. The summed E-state index contributed by atoms with van der Waals surface area (Å²) in [6, 6.07) is 0. The molecule has 0 saturated heterocycles. The molecule has 0 spiro atoms. The van der Waals surface area contributed by atoms with Crippen LogP contribution in [-0.4, -0.2) is 11.1 Å². The lowest BCUT2D eigenvalue weighted by Crippen LogP contribution is -1.95. The lowest BCUT2D eigenvalue weighted by molar-refractivity contribution is -0.132. The van der Waals surface area contributed by atoms with E-state index in [1.54, 1.807) is 13.0 Å². The Bertz CT molecular complexity index is 184. The van der Waals surface area contributed by atoms with Crippen LogP contribution in [-0.2, 0) is 4.79 Å². The molecule has 54 valence electrons. The summed E-state index contributed by atoms with van der Waals surface area (Å²) >= 11 is 0. The van der Waals surface area contributed by atoms with E-state index in [4.69, 9.17) is 11.5 Å². The van der Waals surface area contributed by atoms with E-state index in [0.29, 0.717) is 18.4 Å². The molecule has 0 aliphatic carbocycles. The molecule has 0 heterocycles. The minimum atomic E-state index is -0.878. The third kappa shape index (κ3) is 3.73. The van der Waals surface area contributed by atoms with Gasteiger partial charge in [-0.2, -0.15) is 0 Å². The molecule has 0 radical (unpaired) electrons. The lowest BCUT2D eigenvalue weighted by atomic mass is 10.2. The van der Waals surface area contributed by atoms with E-state index < -0.39 is 5.97 Å². The van der Waals surface area contributed by atoms with Crippen LogP contribution in [0, 0.1) is 12.3 Å². The summed E-state index contributed by atoms with van der Waals surface area (Å²) in [6.45, 7) is 1.55. The van der Waals surface area contributed by atoms with Crippen molar-refractivity contribution in [1.29, 1.82) is 0 Å². The second kappa shape index (κ2) is 4.63. The van der Waals surface area contributed by atoms with Crippen molar-refractivity contribution >= 4 is 5.97 Å². The second-order valence-corrected chi connectivity index (χ2v) is 1.94. The topological polar surface area (TPSA) is 37.3 Å². The largest absolute Gasteiger partial charge is 0.478 e. The van der Waals surface area contributed by atoms with Gasteiger partial charge >= 0.3 is 5.97 Å². The highest BCUT2D eigenvalue weighted by molar-refractivity contribution is 5.85. The summed E-state index contributed by atoms with van der Waals surface area (Å²) in [5.41, 5.74) is 0.357. The Hall–Kier alpha value is -1.23. The van der Waals surface area contributed by atoms with E-state index in [9.17, 15) is 4.79 Å². The Kier molecular flexibility index (Phi) is 4.06. The molecule has 0 saturated carbocycles. The van der Waals surface area contributed by atoms with Crippen LogP contribution in [0.25, 0.3) is 0 Å². The summed E-state index contributed by atoms with van der Waals surface area (Å²) in [6.07, 6.45) is 7.84. The third-order valence-electron chi connectivity index (χ3n) is 1.08. The van der Waals surface area contributed by atoms with Gasteiger partial charge in [-0.1, -0.05) is 6.08 Å². The van der Waals surface area contributed by atoms with Crippen LogP contribution < -0.4 is 0 Å². The van der Waals surface area contributed by atoms with Crippen molar-refractivity contribution in [2.24, 2.45) is 0 Å². The first kappa shape index (κ1) is 8.77. The minimum absolute atomic E-state index is 0.357. The first-order valence-corrected chi connectivity index (χ1v) is 3.02. The Morgan fingerprint density at radius 2 is 2.40 bits per heavy atom. The van der Waals surface area contributed by atoms with Crippen molar-refractivity contribution in [2.45, 2.75) is 19.8 Å². The standard InChI is InChI=1S/C8H10O2/c1-3-4-5-6-7(2)8(9)10/h1,6H,4-5H2,2H3,(H,9,10)/b7-6+. The Labute approximate surface area is 60.6 Å². The Morgan fingerprint density at radius 3 is 2.80 bits per heavy atom. The van der Waals surface area contributed by atoms with Crippen LogP contribution in [0.1, 0.15) is 19.8 Å². The molecule has 10 heavy (non-hydrogen) atoms. The number of hydrogen-bond donors (Lipinski definition) is 1. The van der Waals surface area contributed by atoms with Crippen molar-refractivity contribution in [3.8, 4) is 12.3 Å². The summed E-state index contributed by atoms with van der Waals surface area (Å²) in [7, 11) is 0. The maximum absolute atomic E-state index is 10.2. The second-order valence-electron chi connectivity index (χ2n) is 1.94. The van der Waals surface area contributed by atoms with Crippen LogP contribution in [0.15, 0.2) is 11.6 Å². The number of carboxylic acid groups (broad SMARTS) is 1.